The molecule has 1 N–H and O–H groups in total. The third-order valence-electron chi connectivity index (χ3n) is 3.21. The molecule has 0 radical (unpaired) electrons. The molecule has 0 saturated carbocycles. The Morgan fingerprint density at radius 1 is 1.57 bits per heavy atom. The summed E-state index contributed by atoms with van der Waals surface area (Å²) in [6, 6.07) is 4.55. The van der Waals surface area contributed by atoms with E-state index in [9.17, 15) is 9.18 Å². The third kappa shape index (κ3) is 4.36. The highest BCUT2D eigenvalue weighted by atomic mass is 79.9. The number of benzene rings is 1. The molecule has 0 aliphatic carbocycles. The van der Waals surface area contributed by atoms with Gasteiger partial charge in [-0.15, -0.1) is 0 Å². The van der Waals surface area contributed by atoms with E-state index in [4.69, 9.17) is 9.84 Å². The summed E-state index contributed by atoms with van der Waals surface area (Å²) in [7, 11) is 0. The maximum atomic E-state index is 13.6. The lowest BCUT2D eigenvalue weighted by molar-refractivity contribution is -0.142. The molecule has 0 spiro atoms. The second kappa shape index (κ2) is 7.15. The number of amides is 1. The monoisotopic (exact) mass is 357 g/mol. The number of nitrogens with zero attached hydrogens (tertiary/aromatic N) is 1. The summed E-state index contributed by atoms with van der Waals surface area (Å²) >= 11 is 3.26. The van der Waals surface area contributed by atoms with Crippen molar-refractivity contribution in [2.45, 2.75) is 19.1 Å². The lowest BCUT2D eigenvalue weighted by atomic mass is 10.2. The summed E-state index contributed by atoms with van der Waals surface area (Å²) in [5.41, 5.74) is 0.345. The van der Waals surface area contributed by atoms with Gasteiger partial charge in [0.2, 0.25) is 5.91 Å². The Bertz CT molecular complexity index is 550. The molecule has 1 fully saturated rings. The molecule has 1 aromatic rings. The fourth-order valence-corrected chi connectivity index (χ4v) is 2.61. The number of carbonyl (C=O) groups excluding carboxylic acids is 1. The standard InChI is InChI=1S/C15H17BrFNO3/c1-10-7-18(8-13(9-19)21-10)15(20)5-2-11-6-12(16)3-4-14(11)17/h2-6,10,13,19H,7-9H2,1H3/b5-2+. The topological polar surface area (TPSA) is 49.8 Å². The first-order valence-electron chi connectivity index (χ1n) is 6.68. The van der Waals surface area contributed by atoms with Gasteiger partial charge in [0.1, 0.15) is 5.82 Å². The fraction of sp³-hybridized carbons (Fsp3) is 0.400. The van der Waals surface area contributed by atoms with Crippen LogP contribution in [0.4, 0.5) is 4.39 Å². The predicted molar refractivity (Wildman–Crippen MR) is 81.1 cm³/mol. The Hall–Kier alpha value is -1.24. The maximum absolute atomic E-state index is 13.6. The van der Waals surface area contributed by atoms with Crippen LogP contribution in [0.3, 0.4) is 0 Å². The number of halogens is 2. The van der Waals surface area contributed by atoms with Crippen LogP contribution in [0.25, 0.3) is 6.08 Å². The van der Waals surface area contributed by atoms with Crippen molar-refractivity contribution < 1.29 is 19.0 Å². The SMILES string of the molecule is CC1CN(C(=O)/C=C/c2cc(Br)ccc2F)CC(CO)O1. The normalized spacial score (nSPS) is 22.8. The van der Waals surface area contributed by atoms with E-state index in [1.54, 1.807) is 17.0 Å². The number of carbonyl (C=O) groups is 1. The number of morpholine rings is 1. The van der Waals surface area contributed by atoms with Gasteiger partial charge < -0.3 is 14.7 Å². The van der Waals surface area contributed by atoms with Crippen molar-refractivity contribution in [2.24, 2.45) is 0 Å². The Kier molecular flexibility index (Phi) is 5.50. The van der Waals surface area contributed by atoms with Crippen LogP contribution in [0.5, 0.6) is 0 Å². The molecule has 6 heteroatoms. The molecule has 1 saturated heterocycles. The molecule has 2 unspecified atom stereocenters. The quantitative estimate of drug-likeness (QED) is 0.843. The molecule has 1 aliphatic heterocycles. The third-order valence-corrected chi connectivity index (χ3v) is 3.70. The van der Waals surface area contributed by atoms with Crippen LogP contribution < -0.4 is 0 Å². The van der Waals surface area contributed by atoms with Crippen LogP contribution in [0.2, 0.25) is 0 Å². The van der Waals surface area contributed by atoms with E-state index in [1.165, 1.54) is 18.2 Å². The average molecular weight is 358 g/mol. The number of rotatable bonds is 3. The lowest BCUT2D eigenvalue weighted by Crippen LogP contribution is -2.49. The first-order chi connectivity index (χ1) is 9.99. The van der Waals surface area contributed by atoms with E-state index >= 15 is 0 Å². The number of hydrogen-bond donors (Lipinski definition) is 1. The van der Waals surface area contributed by atoms with Crippen LogP contribution in [0.1, 0.15) is 12.5 Å². The summed E-state index contributed by atoms with van der Waals surface area (Å²) in [6.45, 7) is 2.52. The number of ether oxygens (including phenoxy) is 1. The Labute approximate surface area is 131 Å². The fourth-order valence-electron chi connectivity index (χ4n) is 2.23. The highest BCUT2D eigenvalue weighted by molar-refractivity contribution is 9.10. The zero-order chi connectivity index (χ0) is 15.4. The molecule has 0 aromatic heterocycles. The zero-order valence-electron chi connectivity index (χ0n) is 11.6. The minimum Gasteiger partial charge on any atom is -0.394 e. The molecule has 0 bridgehead atoms. The van der Waals surface area contributed by atoms with Crippen LogP contribution in [0.15, 0.2) is 28.7 Å². The first kappa shape index (κ1) is 16.1. The molecule has 1 aromatic carbocycles. The highest BCUT2D eigenvalue weighted by Gasteiger charge is 2.26. The summed E-state index contributed by atoms with van der Waals surface area (Å²) in [6.07, 6.45) is 2.30. The van der Waals surface area contributed by atoms with Crippen LogP contribution >= 0.6 is 15.9 Å². The van der Waals surface area contributed by atoms with Gasteiger partial charge in [0.05, 0.1) is 18.8 Å². The molecule has 114 valence electrons. The molecule has 2 rings (SSSR count). The highest BCUT2D eigenvalue weighted by Crippen LogP contribution is 2.17. The molecule has 1 aliphatic rings. The maximum Gasteiger partial charge on any atom is 0.246 e. The van der Waals surface area contributed by atoms with E-state index in [-0.39, 0.29) is 30.5 Å². The van der Waals surface area contributed by atoms with Gasteiger partial charge in [-0.2, -0.15) is 0 Å². The Morgan fingerprint density at radius 3 is 3.05 bits per heavy atom. The van der Waals surface area contributed by atoms with Gasteiger partial charge in [-0.05, 0) is 31.2 Å². The minimum absolute atomic E-state index is 0.127. The molecule has 21 heavy (non-hydrogen) atoms. The first-order valence-corrected chi connectivity index (χ1v) is 7.47. The van der Waals surface area contributed by atoms with Crippen molar-refractivity contribution in [3.05, 3.63) is 40.1 Å². The molecule has 1 amide bonds. The molecule has 2 atom stereocenters. The molecular weight excluding hydrogens is 341 g/mol. The van der Waals surface area contributed by atoms with Crippen LogP contribution in [-0.4, -0.2) is 47.8 Å². The summed E-state index contributed by atoms with van der Waals surface area (Å²) in [5, 5.41) is 9.15. The van der Waals surface area contributed by atoms with Crippen molar-refractivity contribution >= 4 is 27.9 Å². The van der Waals surface area contributed by atoms with E-state index in [2.05, 4.69) is 15.9 Å². The van der Waals surface area contributed by atoms with E-state index in [1.807, 2.05) is 6.92 Å². The minimum atomic E-state index is -0.383. The Morgan fingerprint density at radius 2 is 2.33 bits per heavy atom. The van der Waals surface area contributed by atoms with Gasteiger partial charge in [0.15, 0.2) is 0 Å². The van der Waals surface area contributed by atoms with Gasteiger partial charge in [-0.3, -0.25) is 4.79 Å². The van der Waals surface area contributed by atoms with Gasteiger partial charge in [0, 0.05) is 29.2 Å². The van der Waals surface area contributed by atoms with Gasteiger partial charge in [-0.25, -0.2) is 4.39 Å². The largest absolute Gasteiger partial charge is 0.394 e. The number of aliphatic hydroxyl groups is 1. The predicted octanol–water partition coefficient (Wildman–Crippen LogP) is 2.21. The van der Waals surface area contributed by atoms with Crippen molar-refractivity contribution in [3.8, 4) is 0 Å². The van der Waals surface area contributed by atoms with Crippen molar-refractivity contribution in [1.82, 2.24) is 4.90 Å². The number of hydrogen-bond acceptors (Lipinski definition) is 3. The van der Waals surface area contributed by atoms with E-state index in [0.717, 1.165) is 4.47 Å². The summed E-state index contributed by atoms with van der Waals surface area (Å²) < 4.78 is 19.8. The average Bonchev–Trinajstić information content (AvgIpc) is 2.47. The van der Waals surface area contributed by atoms with Crippen molar-refractivity contribution in [3.63, 3.8) is 0 Å². The zero-order valence-corrected chi connectivity index (χ0v) is 13.2. The second-order valence-corrected chi connectivity index (χ2v) is 5.91. The smallest absolute Gasteiger partial charge is 0.246 e. The number of aliphatic hydroxyl groups excluding tert-OH is 1. The Balaban J connectivity index is 2.06. The second-order valence-electron chi connectivity index (χ2n) is 4.99. The van der Waals surface area contributed by atoms with Gasteiger partial charge in [-0.1, -0.05) is 15.9 Å². The van der Waals surface area contributed by atoms with E-state index < -0.39 is 0 Å². The van der Waals surface area contributed by atoms with Crippen LogP contribution in [0, 0.1) is 5.82 Å². The molecule has 4 nitrogen and oxygen atoms in total. The molecule has 1 heterocycles. The summed E-state index contributed by atoms with van der Waals surface area (Å²) in [5.74, 6) is -0.603. The van der Waals surface area contributed by atoms with Crippen LogP contribution in [-0.2, 0) is 9.53 Å². The van der Waals surface area contributed by atoms with Crippen molar-refractivity contribution in [2.75, 3.05) is 19.7 Å². The summed E-state index contributed by atoms with van der Waals surface area (Å²) in [4.78, 5) is 13.7. The van der Waals surface area contributed by atoms with E-state index in [0.29, 0.717) is 18.7 Å². The lowest BCUT2D eigenvalue weighted by Gasteiger charge is -2.35. The van der Waals surface area contributed by atoms with Gasteiger partial charge in [0.25, 0.3) is 0 Å². The van der Waals surface area contributed by atoms with Gasteiger partial charge >= 0.3 is 0 Å². The van der Waals surface area contributed by atoms with Crippen molar-refractivity contribution in [1.29, 1.82) is 0 Å². The molecular formula is C15H17BrFNO3.